The number of hydrogen-bond acceptors (Lipinski definition) is 6. The summed E-state index contributed by atoms with van der Waals surface area (Å²) in [5.41, 5.74) is 6.84. The maximum Gasteiger partial charge on any atom is 0.414 e. The largest absolute Gasteiger partial charge is 0.442 e. The van der Waals surface area contributed by atoms with Crippen molar-refractivity contribution in [2.24, 2.45) is 11.7 Å². The first-order chi connectivity index (χ1) is 13.8. The molecule has 2 aliphatic heterocycles. The van der Waals surface area contributed by atoms with Gasteiger partial charge in [0.05, 0.1) is 30.5 Å². The minimum atomic E-state index is -0.588. The number of nitrogens with one attached hydrogen (secondary N) is 2. The second-order valence-corrected chi connectivity index (χ2v) is 7.97. The van der Waals surface area contributed by atoms with Gasteiger partial charge >= 0.3 is 6.09 Å². The lowest BCUT2D eigenvalue weighted by molar-refractivity contribution is -0.123. The topological polar surface area (TPSA) is 99.9 Å². The molecule has 2 aliphatic rings. The lowest BCUT2D eigenvalue weighted by atomic mass is 10.0. The van der Waals surface area contributed by atoms with Gasteiger partial charge in [-0.05, 0) is 30.5 Å². The molecule has 3 rings (SSSR count). The molecule has 0 radical (unpaired) electrons. The molecule has 2 heterocycles. The van der Waals surface area contributed by atoms with E-state index in [4.69, 9.17) is 10.5 Å². The maximum absolute atomic E-state index is 14.6. The lowest BCUT2D eigenvalue weighted by Crippen LogP contribution is -2.44. The molecule has 1 aromatic carbocycles. The molecule has 0 aliphatic carbocycles. The second-order valence-electron chi connectivity index (χ2n) is 7.97. The van der Waals surface area contributed by atoms with Gasteiger partial charge in [0.25, 0.3) is 0 Å². The van der Waals surface area contributed by atoms with E-state index in [1.807, 2.05) is 18.7 Å². The van der Waals surface area contributed by atoms with Gasteiger partial charge in [-0.15, -0.1) is 0 Å². The molecule has 4 N–H and O–H groups in total. The molecule has 1 aromatic rings. The summed E-state index contributed by atoms with van der Waals surface area (Å²) in [7, 11) is 0. The van der Waals surface area contributed by atoms with Crippen molar-refractivity contribution in [1.82, 2.24) is 10.6 Å². The molecule has 0 spiro atoms. The van der Waals surface area contributed by atoms with Crippen molar-refractivity contribution in [3.63, 3.8) is 0 Å². The van der Waals surface area contributed by atoms with Crippen LogP contribution in [-0.2, 0) is 9.53 Å². The molecule has 2 atom stereocenters. The smallest absolute Gasteiger partial charge is 0.414 e. The van der Waals surface area contributed by atoms with Gasteiger partial charge in [-0.3, -0.25) is 9.69 Å². The maximum atomic E-state index is 14.6. The van der Waals surface area contributed by atoms with E-state index in [2.05, 4.69) is 10.6 Å². The predicted molar refractivity (Wildman–Crippen MR) is 110 cm³/mol. The first kappa shape index (κ1) is 21.3. The van der Waals surface area contributed by atoms with E-state index in [1.54, 1.807) is 12.1 Å². The van der Waals surface area contributed by atoms with Gasteiger partial charge in [-0.25, -0.2) is 9.18 Å². The fourth-order valence-corrected chi connectivity index (χ4v) is 3.62. The number of nitrogens with two attached hydrogens (primary N) is 1. The molecule has 0 bridgehead atoms. The summed E-state index contributed by atoms with van der Waals surface area (Å²) in [6, 6.07) is 4.19. The van der Waals surface area contributed by atoms with Crippen molar-refractivity contribution in [2.45, 2.75) is 32.4 Å². The Kier molecular flexibility index (Phi) is 6.92. The molecule has 2 fully saturated rings. The van der Waals surface area contributed by atoms with E-state index in [-0.39, 0.29) is 24.8 Å². The zero-order valence-electron chi connectivity index (χ0n) is 17.0. The van der Waals surface area contributed by atoms with Gasteiger partial charge in [0, 0.05) is 26.2 Å². The van der Waals surface area contributed by atoms with E-state index in [0.717, 1.165) is 26.2 Å². The number of rotatable bonds is 7. The average molecular weight is 407 g/mol. The highest BCUT2D eigenvalue weighted by molar-refractivity contribution is 5.90. The number of carbonyl (C=O) groups excluding carboxylic acids is 2. The summed E-state index contributed by atoms with van der Waals surface area (Å²) in [4.78, 5) is 27.7. The van der Waals surface area contributed by atoms with Crippen molar-refractivity contribution >= 4 is 23.4 Å². The molecular formula is C20H30FN5O3. The lowest BCUT2D eigenvalue weighted by Gasteiger charge is -2.30. The van der Waals surface area contributed by atoms with Crippen LogP contribution in [0.1, 0.15) is 20.3 Å². The van der Waals surface area contributed by atoms with E-state index < -0.39 is 18.2 Å². The Morgan fingerprint density at radius 2 is 2.10 bits per heavy atom. The SMILES string of the molecule is CC(C)CC(N)C(=O)NCC1CN(c2ccc(N3CCNCC3)c(F)c2)C(=O)O1. The normalized spacial score (nSPS) is 20.7. The molecule has 2 saturated heterocycles. The first-order valence-corrected chi connectivity index (χ1v) is 10.1. The van der Waals surface area contributed by atoms with Crippen LogP contribution in [0.4, 0.5) is 20.6 Å². The summed E-state index contributed by atoms with van der Waals surface area (Å²) in [5.74, 6) is -0.317. The number of amides is 2. The third-order valence-electron chi connectivity index (χ3n) is 5.14. The first-order valence-electron chi connectivity index (χ1n) is 10.1. The van der Waals surface area contributed by atoms with Crippen LogP contribution in [0.15, 0.2) is 18.2 Å². The molecule has 2 unspecified atom stereocenters. The number of benzene rings is 1. The van der Waals surface area contributed by atoms with E-state index in [1.165, 1.54) is 11.0 Å². The molecule has 8 nitrogen and oxygen atoms in total. The fourth-order valence-electron chi connectivity index (χ4n) is 3.62. The van der Waals surface area contributed by atoms with Crippen molar-refractivity contribution in [2.75, 3.05) is 49.1 Å². The molecule has 0 saturated carbocycles. The fraction of sp³-hybridized carbons (Fsp3) is 0.600. The Balaban J connectivity index is 1.57. The summed E-state index contributed by atoms with van der Waals surface area (Å²) >= 11 is 0. The monoisotopic (exact) mass is 407 g/mol. The van der Waals surface area contributed by atoms with Crippen molar-refractivity contribution in [3.05, 3.63) is 24.0 Å². The molecule has 160 valence electrons. The van der Waals surface area contributed by atoms with Gasteiger partial charge in [0.2, 0.25) is 5.91 Å². The van der Waals surface area contributed by atoms with E-state index in [9.17, 15) is 14.0 Å². The number of anilines is 2. The summed E-state index contributed by atoms with van der Waals surface area (Å²) in [6.45, 7) is 7.51. The standard InChI is InChI=1S/C20H30FN5O3/c1-13(2)9-17(22)19(27)24-11-15-12-26(20(28)29-15)14-3-4-18(16(21)10-14)25-7-5-23-6-8-25/h3-4,10,13,15,17,23H,5-9,11-12,22H2,1-2H3,(H,24,27). The number of nitrogens with zero attached hydrogens (tertiary/aromatic N) is 2. The Hall–Kier alpha value is -2.39. The minimum Gasteiger partial charge on any atom is -0.442 e. The second kappa shape index (κ2) is 9.41. The zero-order valence-corrected chi connectivity index (χ0v) is 17.0. The van der Waals surface area contributed by atoms with Crippen LogP contribution in [0.25, 0.3) is 0 Å². The van der Waals surface area contributed by atoms with Crippen molar-refractivity contribution in [1.29, 1.82) is 0 Å². The van der Waals surface area contributed by atoms with Gasteiger partial charge in [-0.2, -0.15) is 0 Å². The number of cyclic esters (lactones) is 1. The highest BCUT2D eigenvalue weighted by atomic mass is 19.1. The van der Waals surface area contributed by atoms with E-state index >= 15 is 0 Å². The Bertz CT molecular complexity index is 739. The number of halogens is 1. The third-order valence-corrected chi connectivity index (χ3v) is 5.14. The Labute approximate surface area is 170 Å². The highest BCUT2D eigenvalue weighted by Gasteiger charge is 2.33. The van der Waals surface area contributed by atoms with Crippen LogP contribution in [0.2, 0.25) is 0 Å². The predicted octanol–water partition coefficient (Wildman–Crippen LogP) is 1.05. The molecule has 2 amide bonds. The molecular weight excluding hydrogens is 377 g/mol. The third kappa shape index (κ3) is 5.36. The molecule has 0 aromatic heterocycles. The van der Waals surface area contributed by atoms with Gasteiger partial charge < -0.3 is 26.0 Å². The van der Waals surface area contributed by atoms with Crippen LogP contribution in [0.5, 0.6) is 0 Å². The number of carbonyl (C=O) groups is 2. The van der Waals surface area contributed by atoms with Crippen LogP contribution < -0.4 is 26.2 Å². The van der Waals surface area contributed by atoms with Crippen molar-refractivity contribution in [3.8, 4) is 0 Å². The number of ether oxygens (including phenoxy) is 1. The molecule has 29 heavy (non-hydrogen) atoms. The Morgan fingerprint density at radius 1 is 1.38 bits per heavy atom. The van der Waals surface area contributed by atoms with Crippen LogP contribution in [-0.4, -0.2) is 63.4 Å². The number of piperazine rings is 1. The summed E-state index contributed by atoms with van der Waals surface area (Å²) in [6.07, 6.45) is -0.472. The highest BCUT2D eigenvalue weighted by Crippen LogP contribution is 2.28. The molecule has 9 heteroatoms. The van der Waals surface area contributed by atoms with Gasteiger partial charge in [0.15, 0.2) is 0 Å². The summed E-state index contributed by atoms with van der Waals surface area (Å²) in [5, 5.41) is 5.97. The van der Waals surface area contributed by atoms with Crippen molar-refractivity contribution < 1.29 is 18.7 Å². The zero-order chi connectivity index (χ0) is 21.0. The van der Waals surface area contributed by atoms with Crippen LogP contribution in [0, 0.1) is 11.7 Å². The van der Waals surface area contributed by atoms with Gasteiger partial charge in [-0.1, -0.05) is 13.8 Å². The van der Waals surface area contributed by atoms with E-state index in [0.29, 0.717) is 23.7 Å². The van der Waals surface area contributed by atoms with Crippen LogP contribution in [0.3, 0.4) is 0 Å². The number of hydrogen-bond donors (Lipinski definition) is 3. The van der Waals surface area contributed by atoms with Gasteiger partial charge in [0.1, 0.15) is 11.9 Å². The Morgan fingerprint density at radius 3 is 2.76 bits per heavy atom. The minimum absolute atomic E-state index is 0.175. The average Bonchev–Trinajstić information content (AvgIpc) is 3.06. The quantitative estimate of drug-likeness (QED) is 0.625. The van der Waals surface area contributed by atoms with Crippen LogP contribution >= 0.6 is 0 Å². The summed E-state index contributed by atoms with van der Waals surface area (Å²) < 4.78 is 20.0.